The molecule has 0 aliphatic heterocycles. The summed E-state index contributed by atoms with van der Waals surface area (Å²) >= 11 is 0. The van der Waals surface area contributed by atoms with Crippen LogP contribution >= 0.6 is 0 Å². The van der Waals surface area contributed by atoms with Crippen LogP contribution in [-0.2, 0) is 65.0 Å². The molecule has 0 radical (unpaired) electrons. The zero-order chi connectivity index (χ0) is 94.5. The van der Waals surface area contributed by atoms with Gasteiger partial charge in [-0.15, -0.1) is 0 Å². The molecule has 0 amide bonds. The molecule has 12 saturated carbocycles. The first-order valence-electron chi connectivity index (χ1n) is 51.9. The third-order valence-corrected chi connectivity index (χ3v) is 37.7. The molecule has 0 heterocycles. The van der Waals surface area contributed by atoms with Crippen molar-refractivity contribution in [3.63, 3.8) is 0 Å². The topological polar surface area (TPSA) is 0 Å². The van der Waals surface area contributed by atoms with Gasteiger partial charge in [-0.25, -0.2) is 0 Å². The summed E-state index contributed by atoms with van der Waals surface area (Å²) in [6.45, 7) is 27.2. The molecule has 16 aromatic rings. The average molecular weight is 1790 g/mol. The molecule has 12 aliphatic rings. The maximum atomic E-state index is 2.57. The standard InChI is InChI=1S/C58H48.C42H48.C38H40/c1-5-13-43(14-6-1)47-21-29-51(30-22-47)55-37-56(52-31-23-48(24-32-52)44-15-7-2-8-16-44)40-57(38-55,53-33-25-49(26-34-53)45-17-9-3-10-18-45)42-58(39-55,41-56)54-35-27-50(28-36-54)46-19-11-4-12-20-46;1-27-9-13-35(17-31(27)5)39-21-40(36-14-10-28(2)32(6)18-36)24-41(22-39,37-15-11-29(3)33(7)19-37)26-42(23-39,25-40)38-16-12-30(4)34(8)20-38;1-27-5-13-31(14-6-27)35-21-36(32-15-7-28(2)8-16-32)24-37(22-35,33-17-9-29(3)10-18-33)26-38(23-35,25-36)34-19-11-30(4)12-20-34/h1-36H,37-42H2;9-20H,21-26H2,1-8H3;5-20H,21-26H2,1-4H3. The van der Waals surface area contributed by atoms with Crippen LogP contribution in [0.1, 0.15) is 249 Å². The van der Waals surface area contributed by atoms with Crippen LogP contribution in [-0.4, -0.2) is 0 Å². The van der Waals surface area contributed by atoms with Crippen molar-refractivity contribution in [3.8, 4) is 44.5 Å². The number of benzene rings is 16. The van der Waals surface area contributed by atoms with Crippen molar-refractivity contribution in [2.24, 2.45) is 0 Å². The van der Waals surface area contributed by atoms with Gasteiger partial charge in [0.2, 0.25) is 0 Å². The fraction of sp³-hybridized carbons (Fsp3) is 0.304. The Morgan fingerprint density at radius 3 is 0.362 bits per heavy atom. The molecular weight excluding hydrogens is 1660 g/mol. The average Bonchev–Trinajstić information content (AvgIpc) is 0.670. The van der Waals surface area contributed by atoms with E-state index in [1.807, 2.05) is 0 Å². The first-order chi connectivity index (χ1) is 66.6. The Morgan fingerprint density at radius 1 is 0.109 bits per heavy atom. The summed E-state index contributed by atoms with van der Waals surface area (Å²) in [6.07, 6.45) is 22.1. The molecule has 28 rings (SSSR count). The fourth-order valence-corrected chi connectivity index (χ4v) is 32.1. The third kappa shape index (κ3) is 15.4. The minimum Gasteiger partial charge on any atom is -0.0622 e. The van der Waals surface area contributed by atoms with Crippen LogP contribution in [0.2, 0.25) is 0 Å². The van der Waals surface area contributed by atoms with Crippen molar-refractivity contribution in [1.82, 2.24) is 0 Å². The van der Waals surface area contributed by atoms with Gasteiger partial charge in [0.25, 0.3) is 0 Å². The molecule has 138 heavy (non-hydrogen) atoms. The van der Waals surface area contributed by atoms with Gasteiger partial charge in [0.1, 0.15) is 0 Å². The molecule has 0 spiro atoms. The van der Waals surface area contributed by atoms with E-state index >= 15 is 0 Å². The van der Waals surface area contributed by atoms with Crippen LogP contribution < -0.4 is 0 Å². The van der Waals surface area contributed by atoms with Crippen LogP contribution in [0.4, 0.5) is 0 Å². The van der Waals surface area contributed by atoms with Gasteiger partial charge in [0.15, 0.2) is 0 Å². The molecule has 0 unspecified atom stereocenters. The van der Waals surface area contributed by atoms with Crippen LogP contribution in [0.25, 0.3) is 44.5 Å². The quantitative estimate of drug-likeness (QED) is 0.0904. The molecule has 12 aliphatic carbocycles. The predicted molar refractivity (Wildman–Crippen MR) is 579 cm³/mol. The minimum absolute atomic E-state index is 0.0122. The van der Waals surface area contributed by atoms with Crippen molar-refractivity contribution in [1.29, 1.82) is 0 Å². The minimum atomic E-state index is 0.0122. The lowest BCUT2D eigenvalue weighted by molar-refractivity contribution is -0.0694. The smallest absolute Gasteiger partial charge is 0.00214 e. The van der Waals surface area contributed by atoms with E-state index < -0.39 is 0 Å². The lowest BCUT2D eigenvalue weighted by atomic mass is 9.32. The van der Waals surface area contributed by atoms with E-state index in [1.54, 1.807) is 44.5 Å². The summed E-state index contributed by atoms with van der Waals surface area (Å²) in [5.74, 6) is 0. The van der Waals surface area contributed by atoms with E-state index in [4.69, 9.17) is 0 Å². The Labute approximate surface area is 824 Å². The number of aryl methyl sites for hydroxylation is 12. The Kier molecular flexibility index (Phi) is 21.8. The molecule has 688 valence electrons. The number of hydrogen-bond acceptors (Lipinski definition) is 0. The molecule has 0 saturated heterocycles. The normalized spacial score (nSPS) is 28.0. The predicted octanol–water partition coefficient (Wildman–Crippen LogP) is 34.7. The van der Waals surface area contributed by atoms with E-state index in [-0.39, 0.29) is 65.0 Å². The van der Waals surface area contributed by atoms with Crippen LogP contribution in [0.15, 0.2) is 388 Å². The van der Waals surface area contributed by atoms with E-state index in [1.165, 1.54) is 249 Å². The monoisotopic (exact) mass is 1790 g/mol. The summed E-state index contributed by atoms with van der Waals surface area (Å²) in [5, 5.41) is 0. The van der Waals surface area contributed by atoms with E-state index in [2.05, 4.69) is 471 Å². The fourth-order valence-electron chi connectivity index (χ4n) is 32.1. The highest BCUT2D eigenvalue weighted by molar-refractivity contribution is 5.70. The first-order valence-corrected chi connectivity index (χ1v) is 51.9. The van der Waals surface area contributed by atoms with Gasteiger partial charge < -0.3 is 0 Å². The van der Waals surface area contributed by atoms with E-state index in [9.17, 15) is 0 Å². The van der Waals surface area contributed by atoms with Gasteiger partial charge in [-0.1, -0.05) is 411 Å². The summed E-state index contributed by atoms with van der Waals surface area (Å²) in [6, 6.07) is 151. The lowest BCUT2D eigenvalue weighted by Crippen LogP contribution is -2.67. The first kappa shape index (κ1) is 89.4. The summed E-state index contributed by atoms with van der Waals surface area (Å²) < 4.78 is 0. The number of rotatable bonds is 16. The Balaban J connectivity index is 0.000000119. The Bertz CT molecular complexity index is 6230. The van der Waals surface area contributed by atoms with E-state index in [0.29, 0.717) is 0 Å². The second kappa shape index (κ2) is 33.7. The van der Waals surface area contributed by atoms with Gasteiger partial charge >= 0.3 is 0 Å². The molecule has 0 heteroatoms. The number of hydrogen-bond donors (Lipinski definition) is 0. The van der Waals surface area contributed by atoms with Crippen LogP contribution in [0.3, 0.4) is 0 Å². The largest absolute Gasteiger partial charge is 0.0622 e. The Morgan fingerprint density at radius 2 is 0.225 bits per heavy atom. The van der Waals surface area contributed by atoms with E-state index in [0.717, 1.165) is 0 Å². The van der Waals surface area contributed by atoms with Crippen molar-refractivity contribution < 1.29 is 0 Å². The maximum absolute atomic E-state index is 2.57. The summed E-state index contributed by atoms with van der Waals surface area (Å²) in [4.78, 5) is 0. The van der Waals surface area contributed by atoms with Crippen LogP contribution in [0, 0.1) is 83.1 Å². The molecule has 16 aromatic carbocycles. The molecule has 0 N–H and O–H groups in total. The van der Waals surface area contributed by atoms with Gasteiger partial charge in [-0.2, -0.15) is 0 Å². The second-order valence-electron chi connectivity index (χ2n) is 47.0. The highest BCUT2D eigenvalue weighted by Gasteiger charge is 2.73. The summed E-state index contributed by atoms with van der Waals surface area (Å²) in [7, 11) is 0. The SMILES string of the molecule is Cc1ccc(C23CC4(c5ccc(C)c(C)c5)CC(c5ccc(C)c(C)c5)(C2)CC(c2ccc(C)c(C)c2)(C3)C4)cc1C.Cc1ccc(C23CC4(c5ccc(C)cc5)CC(c5ccc(C)cc5)(C2)CC(c2ccc(C)cc2)(C3)C4)cc1.c1ccc(-c2ccc(C34CC5(c6ccc(-c7ccccc7)cc6)CC(c6ccc(-c7ccccc7)cc6)(C3)CC(c3ccc(-c6ccccc6)cc3)(C4)C5)cc2)cc1. The molecular formula is C138H136. The van der Waals surface area contributed by atoms with Crippen molar-refractivity contribution in [2.45, 2.75) is 264 Å². The summed E-state index contributed by atoms with van der Waals surface area (Å²) in [5.41, 5.74) is 46.9. The molecule has 0 atom stereocenters. The Hall–Kier alpha value is -12.5. The van der Waals surface area contributed by atoms with Gasteiger partial charge in [-0.3, -0.25) is 0 Å². The van der Waals surface area contributed by atoms with Crippen molar-refractivity contribution >= 4 is 0 Å². The van der Waals surface area contributed by atoms with Crippen molar-refractivity contribution in [2.75, 3.05) is 0 Å². The zero-order valence-electron chi connectivity index (χ0n) is 83.7. The molecule has 0 aromatic heterocycles. The molecule has 12 fully saturated rings. The van der Waals surface area contributed by atoms with Crippen LogP contribution in [0.5, 0.6) is 0 Å². The van der Waals surface area contributed by atoms with Crippen molar-refractivity contribution in [3.05, 3.63) is 522 Å². The van der Waals surface area contributed by atoms with Gasteiger partial charge in [-0.05, 0) is 419 Å². The molecule has 0 nitrogen and oxygen atoms in total. The molecule has 12 bridgehead atoms. The maximum Gasteiger partial charge on any atom is -0.00214 e. The third-order valence-electron chi connectivity index (χ3n) is 37.7. The van der Waals surface area contributed by atoms with Gasteiger partial charge in [0, 0.05) is 0 Å². The second-order valence-corrected chi connectivity index (χ2v) is 47.0. The highest BCUT2D eigenvalue weighted by atomic mass is 14.8. The highest BCUT2D eigenvalue weighted by Crippen LogP contribution is 2.79. The van der Waals surface area contributed by atoms with Gasteiger partial charge in [0.05, 0.1) is 0 Å². The zero-order valence-corrected chi connectivity index (χ0v) is 83.7. The lowest BCUT2D eigenvalue weighted by Gasteiger charge is -2.71.